The first-order valence-electron chi connectivity index (χ1n) is 7.56. The van der Waals surface area contributed by atoms with Crippen LogP contribution >= 0.6 is 0 Å². The third-order valence-electron chi connectivity index (χ3n) is 3.42. The number of carbonyl (C=O) groups excluding carboxylic acids is 1. The number of carbonyl (C=O) groups is 2. The fraction of sp³-hybridized carbons (Fsp3) is 0.667. The minimum Gasteiger partial charge on any atom is -0.477 e. The molecule has 0 spiro atoms. The first kappa shape index (κ1) is 16.3. The molecule has 0 atom stereocenters. The number of nitrogens with one attached hydrogen (secondary N) is 1. The number of ether oxygens (including phenoxy) is 1. The largest absolute Gasteiger partial charge is 0.477 e. The number of nitrogens with zero attached hydrogens (tertiary/aromatic N) is 2. The molecule has 0 aromatic carbocycles. The van der Waals surface area contributed by atoms with Crippen LogP contribution in [0.1, 0.15) is 55.4 Å². The van der Waals surface area contributed by atoms with Gasteiger partial charge in [-0.2, -0.15) is 5.10 Å². The summed E-state index contributed by atoms with van der Waals surface area (Å²) in [6.45, 7) is 5.95. The summed E-state index contributed by atoms with van der Waals surface area (Å²) in [4.78, 5) is 23.0. The topological polar surface area (TPSA) is 93.5 Å². The molecule has 2 N–H and O–H groups in total. The van der Waals surface area contributed by atoms with Gasteiger partial charge in [-0.1, -0.05) is 0 Å². The number of aryl methyl sites for hydroxylation is 1. The Labute approximate surface area is 129 Å². The number of rotatable bonds is 4. The zero-order chi connectivity index (χ0) is 16.3. The highest BCUT2D eigenvalue weighted by Gasteiger charge is 2.24. The molecule has 1 aromatic rings. The Kier molecular flexibility index (Phi) is 4.73. The molecule has 1 amide bonds. The Hall–Kier alpha value is -2.05. The van der Waals surface area contributed by atoms with E-state index in [-0.39, 0.29) is 12.2 Å². The second-order valence-electron chi connectivity index (χ2n) is 6.44. The van der Waals surface area contributed by atoms with Crippen molar-refractivity contribution in [2.75, 3.05) is 6.54 Å². The number of aromatic carboxylic acids is 1. The normalized spacial score (nSPS) is 14.3. The Balaban J connectivity index is 2.00. The van der Waals surface area contributed by atoms with Crippen molar-refractivity contribution in [3.8, 4) is 0 Å². The van der Waals surface area contributed by atoms with Gasteiger partial charge in [0.1, 0.15) is 11.3 Å². The average molecular weight is 309 g/mol. The summed E-state index contributed by atoms with van der Waals surface area (Å²) in [6, 6.07) is 0. The van der Waals surface area contributed by atoms with Gasteiger partial charge in [-0.25, -0.2) is 9.59 Å². The number of hydrogen-bond donors (Lipinski definition) is 2. The zero-order valence-corrected chi connectivity index (χ0v) is 13.3. The van der Waals surface area contributed by atoms with Gasteiger partial charge in [0, 0.05) is 12.1 Å². The Morgan fingerprint density at radius 3 is 2.64 bits per heavy atom. The average Bonchev–Trinajstić information content (AvgIpc) is 2.74. The first-order chi connectivity index (χ1) is 10.3. The van der Waals surface area contributed by atoms with Crippen molar-refractivity contribution < 1.29 is 19.4 Å². The van der Waals surface area contributed by atoms with E-state index in [9.17, 15) is 14.7 Å². The highest BCUT2D eigenvalue weighted by atomic mass is 16.6. The maximum absolute atomic E-state index is 11.6. The SMILES string of the molecule is CC(C)(C)OC(=O)NCCn1nc2c(c1C(=O)O)CCCC2. The van der Waals surface area contributed by atoms with Crippen LogP contribution in [0.4, 0.5) is 4.79 Å². The number of fused-ring (bicyclic) bond motifs is 1. The van der Waals surface area contributed by atoms with Crippen LogP contribution in [0.15, 0.2) is 0 Å². The van der Waals surface area contributed by atoms with Crippen LogP contribution < -0.4 is 5.32 Å². The van der Waals surface area contributed by atoms with Crippen molar-refractivity contribution in [3.05, 3.63) is 17.0 Å². The number of carboxylic acid groups (broad SMARTS) is 1. The van der Waals surface area contributed by atoms with E-state index in [0.717, 1.165) is 36.9 Å². The lowest BCUT2D eigenvalue weighted by molar-refractivity contribution is 0.0525. The first-order valence-corrected chi connectivity index (χ1v) is 7.56. The number of amides is 1. The van der Waals surface area contributed by atoms with Gasteiger partial charge < -0.3 is 15.2 Å². The Morgan fingerprint density at radius 2 is 2.00 bits per heavy atom. The van der Waals surface area contributed by atoms with Crippen LogP contribution in [0.25, 0.3) is 0 Å². The van der Waals surface area contributed by atoms with Crippen molar-refractivity contribution in [1.29, 1.82) is 0 Å². The van der Waals surface area contributed by atoms with Gasteiger partial charge in [-0.15, -0.1) is 0 Å². The number of aromatic nitrogens is 2. The number of carboxylic acids is 1. The third-order valence-corrected chi connectivity index (χ3v) is 3.42. The predicted octanol–water partition coefficient (Wildman–Crippen LogP) is 1.98. The molecule has 7 heteroatoms. The fourth-order valence-electron chi connectivity index (χ4n) is 2.59. The lowest BCUT2D eigenvalue weighted by Crippen LogP contribution is -2.34. The van der Waals surface area contributed by atoms with Gasteiger partial charge in [-0.3, -0.25) is 4.68 Å². The second-order valence-corrected chi connectivity index (χ2v) is 6.44. The molecule has 2 rings (SSSR count). The summed E-state index contributed by atoms with van der Waals surface area (Å²) in [5.74, 6) is -0.965. The van der Waals surface area contributed by atoms with Gasteiger partial charge in [0.15, 0.2) is 0 Å². The highest BCUT2D eigenvalue weighted by molar-refractivity contribution is 5.87. The smallest absolute Gasteiger partial charge is 0.407 e. The quantitative estimate of drug-likeness (QED) is 0.887. The van der Waals surface area contributed by atoms with E-state index in [0.29, 0.717) is 6.54 Å². The van der Waals surface area contributed by atoms with Crippen LogP contribution in [0.2, 0.25) is 0 Å². The van der Waals surface area contributed by atoms with Crippen LogP contribution in [0.3, 0.4) is 0 Å². The second kappa shape index (κ2) is 6.37. The summed E-state index contributed by atoms with van der Waals surface area (Å²) in [5, 5.41) is 16.4. The molecule has 1 aliphatic carbocycles. The van der Waals surface area contributed by atoms with Crippen molar-refractivity contribution in [1.82, 2.24) is 15.1 Å². The van der Waals surface area contributed by atoms with Crippen LogP contribution in [0.5, 0.6) is 0 Å². The van der Waals surface area contributed by atoms with Crippen LogP contribution in [0, 0.1) is 0 Å². The lowest BCUT2D eigenvalue weighted by atomic mass is 9.96. The molecule has 22 heavy (non-hydrogen) atoms. The molecule has 0 fully saturated rings. The molecular formula is C15H23N3O4. The summed E-state index contributed by atoms with van der Waals surface area (Å²) >= 11 is 0. The number of hydrogen-bond acceptors (Lipinski definition) is 4. The molecule has 0 saturated carbocycles. The van der Waals surface area contributed by atoms with Gasteiger partial charge >= 0.3 is 12.1 Å². The standard InChI is InChI=1S/C15H23N3O4/c1-15(2,3)22-14(21)16-8-9-18-12(13(19)20)10-6-4-5-7-11(10)17-18/h4-9H2,1-3H3,(H,16,21)(H,19,20). The molecular weight excluding hydrogens is 286 g/mol. The molecule has 7 nitrogen and oxygen atoms in total. The third kappa shape index (κ3) is 3.99. The van der Waals surface area contributed by atoms with Crippen molar-refractivity contribution >= 4 is 12.1 Å². The molecule has 1 aromatic heterocycles. The van der Waals surface area contributed by atoms with Gasteiger partial charge in [0.05, 0.1) is 12.2 Å². The fourth-order valence-corrected chi connectivity index (χ4v) is 2.59. The van der Waals surface area contributed by atoms with Crippen LogP contribution in [-0.4, -0.2) is 39.1 Å². The minimum absolute atomic E-state index is 0.251. The molecule has 1 heterocycles. The summed E-state index contributed by atoms with van der Waals surface area (Å²) < 4.78 is 6.62. The zero-order valence-electron chi connectivity index (χ0n) is 13.3. The summed E-state index contributed by atoms with van der Waals surface area (Å²) in [5.41, 5.74) is 1.42. The molecule has 0 radical (unpaired) electrons. The molecule has 0 unspecified atom stereocenters. The summed E-state index contributed by atoms with van der Waals surface area (Å²) in [6.07, 6.45) is 3.11. The summed E-state index contributed by atoms with van der Waals surface area (Å²) in [7, 11) is 0. The van der Waals surface area contributed by atoms with E-state index in [1.807, 2.05) is 0 Å². The Morgan fingerprint density at radius 1 is 1.32 bits per heavy atom. The van der Waals surface area contributed by atoms with Crippen molar-refractivity contribution in [2.45, 2.75) is 58.6 Å². The van der Waals surface area contributed by atoms with E-state index in [2.05, 4.69) is 10.4 Å². The van der Waals surface area contributed by atoms with Crippen molar-refractivity contribution in [2.24, 2.45) is 0 Å². The molecule has 0 aliphatic heterocycles. The van der Waals surface area contributed by atoms with E-state index in [4.69, 9.17) is 4.74 Å². The highest BCUT2D eigenvalue weighted by Crippen LogP contribution is 2.24. The van der Waals surface area contributed by atoms with E-state index in [1.165, 1.54) is 4.68 Å². The Bertz CT molecular complexity index is 572. The van der Waals surface area contributed by atoms with E-state index < -0.39 is 17.7 Å². The minimum atomic E-state index is -0.965. The number of alkyl carbamates (subject to hydrolysis) is 1. The maximum atomic E-state index is 11.6. The van der Waals surface area contributed by atoms with E-state index >= 15 is 0 Å². The van der Waals surface area contributed by atoms with Gasteiger partial charge in [0.25, 0.3) is 0 Å². The van der Waals surface area contributed by atoms with Gasteiger partial charge in [0.2, 0.25) is 0 Å². The van der Waals surface area contributed by atoms with Crippen LogP contribution in [-0.2, 0) is 24.1 Å². The molecule has 0 bridgehead atoms. The predicted molar refractivity (Wildman–Crippen MR) is 80.1 cm³/mol. The molecule has 0 saturated heterocycles. The molecule has 1 aliphatic rings. The van der Waals surface area contributed by atoms with Crippen molar-refractivity contribution in [3.63, 3.8) is 0 Å². The molecule has 122 valence electrons. The van der Waals surface area contributed by atoms with E-state index in [1.54, 1.807) is 20.8 Å². The monoisotopic (exact) mass is 309 g/mol. The maximum Gasteiger partial charge on any atom is 0.407 e. The van der Waals surface area contributed by atoms with Gasteiger partial charge in [-0.05, 0) is 46.5 Å². The lowest BCUT2D eigenvalue weighted by Gasteiger charge is -2.19.